The van der Waals surface area contributed by atoms with Crippen LogP contribution in [0.15, 0.2) is 66.7 Å². The van der Waals surface area contributed by atoms with Gasteiger partial charge in [0.25, 0.3) is 0 Å². The number of ether oxygens (including phenoxy) is 2. The normalized spacial score (nSPS) is 16.6. The van der Waals surface area contributed by atoms with Crippen LogP contribution in [0.25, 0.3) is 12.2 Å². The van der Waals surface area contributed by atoms with Gasteiger partial charge in [0.05, 0.1) is 18.8 Å². The van der Waals surface area contributed by atoms with Gasteiger partial charge in [-0.1, -0.05) is 60.7 Å². The molecule has 0 bridgehead atoms. The van der Waals surface area contributed by atoms with Crippen LogP contribution in [0.1, 0.15) is 35.1 Å². The Kier molecular flexibility index (Phi) is 7.63. The van der Waals surface area contributed by atoms with Crippen LogP contribution in [0, 0.1) is 5.92 Å². The fourth-order valence-corrected chi connectivity index (χ4v) is 5.13. The quantitative estimate of drug-likeness (QED) is 0.361. The summed E-state index contributed by atoms with van der Waals surface area (Å²) >= 11 is 0. The predicted octanol–water partition coefficient (Wildman–Crippen LogP) is 5.17. The first-order valence-corrected chi connectivity index (χ1v) is 12.9. The summed E-state index contributed by atoms with van der Waals surface area (Å²) in [6.45, 7) is 1.29. The lowest BCUT2D eigenvalue weighted by molar-refractivity contribution is -0.145. The molecule has 2 N–H and O–H groups in total. The van der Waals surface area contributed by atoms with Crippen molar-refractivity contribution >= 4 is 29.8 Å². The van der Waals surface area contributed by atoms with E-state index in [0.717, 1.165) is 35.4 Å². The second-order valence-corrected chi connectivity index (χ2v) is 9.84. The molecule has 0 saturated heterocycles. The Labute approximate surface area is 221 Å². The molecule has 3 aromatic rings. The highest BCUT2D eigenvalue weighted by molar-refractivity contribution is 5.81. The Hall–Kier alpha value is -4.26. The minimum absolute atomic E-state index is 0.0258. The molecule has 7 nitrogen and oxygen atoms in total. The number of nitrogens with zero attached hydrogens (tertiary/aromatic N) is 1. The average Bonchev–Trinajstić information content (AvgIpc) is 3.34. The van der Waals surface area contributed by atoms with Gasteiger partial charge in [0.1, 0.15) is 5.75 Å². The first-order valence-electron chi connectivity index (χ1n) is 12.9. The van der Waals surface area contributed by atoms with Crippen molar-refractivity contribution in [2.45, 2.75) is 31.8 Å². The molecule has 1 unspecified atom stereocenters. The van der Waals surface area contributed by atoms with E-state index in [2.05, 4.69) is 24.3 Å². The summed E-state index contributed by atoms with van der Waals surface area (Å²) in [6, 6.07) is 22.1. The van der Waals surface area contributed by atoms with Crippen LogP contribution in [-0.4, -0.2) is 48.0 Å². The molecule has 3 aromatic carbocycles. The summed E-state index contributed by atoms with van der Waals surface area (Å²) in [5.74, 6) is -0.0927. The van der Waals surface area contributed by atoms with Crippen LogP contribution in [0.2, 0.25) is 0 Å². The molecule has 1 aliphatic heterocycles. The van der Waals surface area contributed by atoms with Gasteiger partial charge in [0, 0.05) is 24.4 Å². The van der Waals surface area contributed by atoms with Gasteiger partial charge in [0.2, 0.25) is 6.10 Å². The molecule has 0 spiro atoms. The van der Waals surface area contributed by atoms with E-state index in [1.807, 2.05) is 59.5 Å². The number of carboxylic acid groups (broad SMARTS) is 2. The van der Waals surface area contributed by atoms with Crippen molar-refractivity contribution in [3.8, 4) is 11.5 Å². The molecule has 0 aromatic heterocycles. The molecule has 5 rings (SSSR count). The van der Waals surface area contributed by atoms with Gasteiger partial charge in [-0.15, -0.1) is 0 Å². The van der Waals surface area contributed by atoms with E-state index in [4.69, 9.17) is 14.6 Å². The topological polar surface area (TPSA) is 96.3 Å². The lowest BCUT2D eigenvalue weighted by atomic mass is 10.1. The molecule has 1 heterocycles. The van der Waals surface area contributed by atoms with Gasteiger partial charge in [0.15, 0.2) is 5.75 Å². The maximum absolute atomic E-state index is 11.7. The van der Waals surface area contributed by atoms with E-state index in [1.54, 1.807) is 0 Å². The second-order valence-electron chi connectivity index (χ2n) is 9.84. The number of carboxylic acids is 2. The first kappa shape index (κ1) is 25.4. The van der Waals surface area contributed by atoms with Crippen LogP contribution < -0.4 is 14.4 Å². The minimum atomic E-state index is -1.05. The minimum Gasteiger partial charge on any atom is -0.493 e. The van der Waals surface area contributed by atoms with Crippen molar-refractivity contribution in [2.24, 2.45) is 5.92 Å². The van der Waals surface area contributed by atoms with Gasteiger partial charge in [-0.2, -0.15) is 0 Å². The molecule has 7 heteroatoms. The van der Waals surface area contributed by atoms with Crippen molar-refractivity contribution in [1.29, 1.82) is 0 Å². The Morgan fingerprint density at radius 1 is 0.947 bits per heavy atom. The zero-order valence-corrected chi connectivity index (χ0v) is 21.1. The molecule has 38 heavy (non-hydrogen) atoms. The predicted molar refractivity (Wildman–Crippen MR) is 146 cm³/mol. The SMILES string of the molecule is O=C(O)CCCN1CC(C(=O)O)Oc2c(/C=C/c3ccc(OCC4Cc5ccccc5C4)cc3)cccc21. The number of anilines is 1. The summed E-state index contributed by atoms with van der Waals surface area (Å²) in [5.41, 5.74) is 5.36. The summed E-state index contributed by atoms with van der Waals surface area (Å²) < 4.78 is 11.9. The molecule has 0 amide bonds. The smallest absolute Gasteiger partial charge is 0.346 e. The Bertz CT molecular complexity index is 1310. The van der Waals surface area contributed by atoms with Crippen LogP contribution >= 0.6 is 0 Å². The maximum Gasteiger partial charge on any atom is 0.346 e. The summed E-state index contributed by atoms with van der Waals surface area (Å²) in [5, 5.41) is 18.6. The van der Waals surface area contributed by atoms with Crippen molar-refractivity contribution in [3.05, 3.63) is 89.0 Å². The lowest BCUT2D eigenvalue weighted by Crippen LogP contribution is -2.45. The van der Waals surface area contributed by atoms with Crippen molar-refractivity contribution in [1.82, 2.24) is 0 Å². The largest absolute Gasteiger partial charge is 0.493 e. The highest BCUT2D eigenvalue weighted by atomic mass is 16.5. The van der Waals surface area contributed by atoms with Crippen molar-refractivity contribution < 1.29 is 29.3 Å². The Morgan fingerprint density at radius 3 is 2.37 bits per heavy atom. The van der Waals surface area contributed by atoms with Gasteiger partial charge >= 0.3 is 11.9 Å². The molecule has 0 saturated carbocycles. The van der Waals surface area contributed by atoms with E-state index in [9.17, 15) is 14.7 Å². The lowest BCUT2D eigenvalue weighted by Gasteiger charge is -2.35. The Balaban J connectivity index is 1.24. The second kappa shape index (κ2) is 11.4. The standard InChI is InChI=1S/C31H31NO6/c33-29(34)9-4-16-32-19-28(31(35)36)38-30-23(7-3-8-27(30)32)13-10-21-11-14-26(15-12-21)37-20-22-17-24-5-1-2-6-25(24)18-22/h1-3,5-8,10-15,22,28H,4,9,16-20H2,(H,33,34)(H,35,36)/b13-10+. The fraction of sp³-hybridized carbons (Fsp3) is 0.290. The zero-order valence-electron chi connectivity index (χ0n) is 21.1. The molecule has 0 radical (unpaired) electrons. The maximum atomic E-state index is 11.7. The van der Waals surface area contributed by atoms with Gasteiger partial charge in [-0.05, 0) is 54.2 Å². The number of fused-ring (bicyclic) bond motifs is 2. The molecule has 0 fully saturated rings. The molecule has 1 atom stereocenters. The van der Waals surface area contributed by atoms with E-state index < -0.39 is 18.0 Å². The van der Waals surface area contributed by atoms with E-state index >= 15 is 0 Å². The summed E-state index contributed by atoms with van der Waals surface area (Å²) in [4.78, 5) is 24.6. The zero-order chi connectivity index (χ0) is 26.5. The van der Waals surface area contributed by atoms with E-state index in [0.29, 0.717) is 31.2 Å². The highest BCUT2D eigenvalue weighted by Crippen LogP contribution is 2.38. The average molecular weight is 514 g/mol. The number of aliphatic carboxylic acids is 2. The third kappa shape index (κ3) is 5.99. The fourth-order valence-electron chi connectivity index (χ4n) is 5.13. The van der Waals surface area contributed by atoms with Crippen LogP contribution in [0.4, 0.5) is 5.69 Å². The number of hydrogen-bond acceptors (Lipinski definition) is 5. The number of carbonyl (C=O) groups is 2. The van der Waals surface area contributed by atoms with Crippen LogP contribution in [0.3, 0.4) is 0 Å². The number of benzene rings is 3. The van der Waals surface area contributed by atoms with Crippen LogP contribution in [-0.2, 0) is 22.4 Å². The third-order valence-electron chi connectivity index (χ3n) is 7.06. The Morgan fingerprint density at radius 2 is 1.68 bits per heavy atom. The molecule has 2 aliphatic rings. The summed E-state index contributed by atoms with van der Waals surface area (Å²) in [6.07, 6.45) is 5.40. The van der Waals surface area contributed by atoms with Crippen molar-refractivity contribution in [2.75, 3.05) is 24.6 Å². The summed E-state index contributed by atoms with van der Waals surface area (Å²) in [7, 11) is 0. The molecular formula is C31H31NO6. The van der Waals surface area contributed by atoms with Crippen LogP contribution in [0.5, 0.6) is 11.5 Å². The number of rotatable bonds is 10. The number of hydrogen-bond donors (Lipinski definition) is 2. The van der Waals surface area contributed by atoms with Gasteiger partial charge in [-0.3, -0.25) is 4.79 Å². The third-order valence-corrected chi connectivity index (χ3v) is 7.06. The van der Waals surface area contributed by atoms with Crippen molar-refractivity contribution in [3.63, 3.8) is 0 Å². The van der Waals surface area contributed by atoms with Gasteiger partial charge < -0.3 is 24.6 Å². The monoisotopic (exact) mass is 513 g/mol. The number of para-hydroxylation sites is 1. The van der Waals surface area contributed by atoms with E-state index in [-0.39, 0.29) is 13.0 Å². The van der Waals surface area contributed by atoms with E-state index in [1.165, 1.54) is 11.1 Å². The molecule has 196 valence electrons. The molecule has 1 aliphatic carbocycles. The highest BCUT2D eigenvalue weighted by Gasteiger charge is 2.31. The first-order chi connectivity index (χ1) is 18.5. The molecular weight excluding hydrogens is 482 g/mol. The van der Waals surface area contributed by atoms with Gasteiger partial charge in [-0.25, -0.2) is 4.79 Å².